The standard InChI is InChI=1S/C15H18Cl2N2O4/c1-22-15(21)19-6-2-5-18(7-8-19)14(20)10-23-13-4-3-11(16)9-12(13)17/h3-4,9H,2,5-8,10H2,1H3. The fraction of sp³-hybridized carbons (Fsp3) is 0.467. The lowest BCUT2D eigenvalue weighted by Gasteiger charge is -2.21. The van der Waals surface area contributed by atoms with Crippen LogP contribution in [-0.2, 0) is 9.53 Å². The molecule has 0 N–H and O–H groups in total. The first-order valence-electron chi connectivity index (χ1n) is 7.20. The molecular formula is C15H18Cl2N2O4. The Morgan fingerprint density at radius 2 is 1.83 bits per heavy atom. The predicted octanol–water partition coefficient (Wildman–Crippen LogP) is 2.67. The van der Waals surface area contributed by atoms with E-state index in [1.165, 1.54) is 7.11 Å². The lowest BCUT2D eigenvalue weighted by atomic mass is 10.3. The van der Waals surface area contributed by atoms with Crippen LogP contribution in [0.5, 0.6) is 5.75 Å². The lowest BCUT2D eigenvalue weighted by Crippen LogP contribution is -2.39. The molecule has 0 radical (unpaired) electrons. The van der Waals surface area contributed by atoms with Crippen molar-refractivity contribution in [3.63, 3.8) is 0 Å². The molecule has 23 heavy (non-hydrogen) atoms. The minimum absolute atomic E-state index is 0.112. The molecule has 0 bridgehead atoms. The van der Waals surface area contributed by atoms with Crippen LogP contribution in [0.3, 0.4) is 0 Å². The summed E-state index contributed by atoms with van der Waals surface area (Å²) >= 11 is 11.8. The second-order valence-corrected chi connectivity index (χ2v) is 5.90. The second-order valence-electron chi connectivity index (χ2n) is 5.05. The molecule has 1 fully saturated rings. The Hall–Kier alpha value is -1.66. The molecule has 0 spiro atoms. The Balaban J connectivity index is 1.87. The van der Waals surface area contributed by atoms with Gasteiger partial charge < -0.3 is 19.3 Å². The van der Waals surface area contributed by atoms with Crippen LogP contribution in [0.2, 0.25) is 10.0 Å². The predicted molar refractivity (Wildman–Crippen MR) is 87.1 cm³/mol. The molecule has 0 unspecified atom stereocenters. The molecule has 1 aliphatic heterocycles. The fourth-order valence-electron chi connectivity index (χ4n) is 2.30. The van der Waals surface area contributed by atoms with Crippen molar-refractivity contribution in [2.45, 2.75) is 6.42 Å². The third-order valence-electron chi connectivity index (χ3n) is 3.53. The Morgan fingerprint density at radius 3 is 2.52 bits per heavy atom. The summed E-state index contributed by atoms with van der Waals surface area (Å²) < 4.78 is 10.2. The van der Waals surface area contributed by atoms with Crippen molar-refractivity contribution in [3.8, 4) is 5.75 Å². The zero-order valence-corrected chi connectivity index (χ0v) is 14.3. The maximum atomic E-state index is 12.2. The molecule has 2 rings (SSSR count). The van der Waals surface area contributed by atoms with Gasteiger partial charge in [-0.15, -0.1) is 0 Å². The van der Waals surface area contributed by atoms with Gasteiger partial charge in [-0.25, -0.2) is 4.79 Å². The molecule has 0 saturated carbocycles. The number of carbonyl (C=O) groups excluding carboxylic acids is 2. The van der Waals surface area contributed by atoms with Crippen LogP contribution in [-0.4, -0.2) is 61.7 Å². The van der Waals surface area contributed by atoms with Crippen molar-refractivity contribution in [1.29, 1.82) is 0 Å². The van der Waals surface area contributed by atoms with Gasteiger partial charge in [0.05, 0.1) is 12.1 Å². The number of nitrogens with zero attached hydrogens (tertiary/aromatic N) is 2. The van der Waals surface area contributed by atoms with Crippen molar-refractivity contribution in [3.05, 3.63) is 28.2 Å². The molecule has 8 heteroatoms. The van der Waals surface area contributed by atoms with Gasteiger partial charge >= 0.3 is 6.09 Å². The molecule has 0 atom stereocenters. The van der Waals surface area contributed by atoms with Crippen molar-refractivity contribution >= 4 is 35.2 Å². The number of halogens is 2. The van der Waals surface area contributed by atoms with Crippen molar-refractivity contribution in [2.75, 3.05) is 39.9 Å². The number of amides is 2. The zero-order valence-electron chi connectivity index (χ0n) is 12.8. The van der Waals surface area contributed by atoms with E-state index in [1.54, 1.807) is 28.0 Å². The van der Waals surface area contributed by atoms with Crippen LogP contribution >= 0.6 is 23.2 Å². The van der Waals surface area contributed by atoms with E-state index in [4.69, 9.17) is 32.7 Å². The third-order valence-corrected chi connectivity index (χ3v) is 4.06. The summed E-state index contributed by atoms with van der Waals surface area (Å²) in [5.41, 5.74) is 0. The summed E-state index contributed by atoms with van der Waals surface area (Å²) in [4.78, 5) is 27.0. The highest BCUT2D eigenvalue weighted by molar-refractivity contribution is 6.35. The van der Waals surface area contributed by atoms with Gasteiger partial charge in [-0.2, -0.15) is 0 Å². The average molecular weight is 361 g/mol. The van der Waals surface area contributed by atoms with Gasteiger partial charge in [-0.3, -0.25) is 4.79 Å². The molecular weight excluding hydrogens is 343 g/mol. The van der Waals surface area contributed by atoms with Crippen molar-refractivity contribution in [1.82, 2.24) is 9.80 Å². The van der Waals surface area contributed by atoms with E-state index in [0.29, 0.717) is 48.4 Å². The molecule has 6 nitrogen and oxygen atoms in total. The largest absolute Gasteiger partial charge is 0.482 e. The highest BCUT2D eigenvalue weighted by Crippen LogP contribution is 2.27. The van der Waals surface area contributed by atoms with Gasteiger partial charge in [0.15, 0.2) is 6.61 Å². The molecule has 0 aliphatic carbocycles. The van der Waals surface area contributed by atoms with Crippen LogP contribution in [0.25, 0.3) is 0 Å². The molecule has 0 aromatic heterocycles. The smallest absolute Gasteiger partial charge is 0.409 e. The van der Waals surface area contributed by atoms with Crippen molar-refractivity contribution in [2.24, 2.45) is 0 Å². The third kappa shape index (κ3) is 4.91. The van der Waals surface area contributed by atoms with E-state index in [1.807, 2.05) is 0 Å². The van der Waals surface area contributed by atoms with Gasteiger partial charge in [0.25, 0.3) is 5.91 Å². The van der Waals surface area contributed by atoms with Gasteiger partial charge in [0.2, 0.25) is 0 Å². The second kappa shape index (κ2) is 8.26. The Kier molecular flexibility index (Phi) is 6.36. The van der Waals surface area contributed by atoms with Crippen LogP contribution in [0.4, 0.5) is 4.79 Å². The number of rotatable bonds is 3. The highest BCUT2D eigenvalue weighted by atomic mass is 35.5. The van der Waals surface area contributed by atoms with E-state index in [0.717, 1.165) is 0 Å². The number of carbonyl (C=O) groups is 2. The normalized spacial score (nSPS) is 15.1. The quantitative estimate of drug-likeness (QED) is 0.831. The average Bonchev–Trinajstić information content (AvgIpc) is 2.79. The van der Waals surface area contributed by atoms with Crippen LogP contribution in [0, 0.1) is 0 Å². The minimum Gasteiger partial charge on any atom is -0.482 e. The Labute approximate surface area is 144 Å². The zero-order chi connectivity index (χ0) is 16.8. The maximum absolute atomic E-state index is 12.2. The lowest BCUT2D eigenvalue weighted by molar-refractivity contribution is -0.133. The highest BCUT2D eigenvalue weighted by Gasteiger charge is 2.22. The number of methoxy groups -OCH3 is 1. The summed E-state index contributed by atoms with van der Waals surface area (Å²) in [5, 5.41) is 0.863. The van der Waals surface area contributed by atoms with Gasteiger partial charge in [0, 0.05) is 31.2 Å². The Morgan fingerprint density at radius 1 is 1.13 bits per heavy atom. The monoisotopic (exact) mass is 360 g/mol. The van der Waals surface area contributed by atoms with Crippen LogP contribution in [0.1, 0.15) is 6.42 Å². The number of ether oxygens (including phenoxy) is 2. The molecule has 1 aliphatic rings. The number of benzene rings is 1. The van der Waals surface area contributed by atoms with E-state index in [2.05, 4.69) is 0 Å². The molecule has 1 saturated heterocycles. The van der Waals surface area contributed by atoms with Crippen molar-refractivity contribution < 1.29 is 19.1 Å². The van der Waals surface area contributed by atoms with E-state index >= 15 is 0 Å². The number of hydrogen-bond donors (Lipinski definition) is 0. The Bertz CT molecular complexity index is 583. The molecule has 126 valence electrons. The first kappa shape index (κ1) is 17.7. The van der Waals surface area contributed by atoms with E-state index in [9.17, 15) is 9.59 Å². The van der Waals surface area contributed by atoms with E-state index in [-0.39, 0.29) is 18.6 Å². The SMILES string of the molecule is COC(=O)N1CCCN(C(=O)COc2ccc(Cl)cc2Cl)CC1. The minimum atomic E-state index is -0.372. The summed E-state index contributed by atoms with van der Waals surface area (Å²) in [5.74, 6) is 0.262. The van der Waals surface area contributed by atoms with Gasteiger partial charge in [0.1, 0.15) is 5.75 Å². The summed E-state index contributed by atoms with van der Waals surface area (Å²) in [6.45, 7) is 1.93. The van der Waals surface area contributed by atoms with Gasteiger partial charge in [-0.1, -0.05) is 23.2 Å². The van der Waals surface area contributed by atoms with E-state index < -0.39 is 0 Å². The molecule has 2 amide bonds. The fourth-order valence-corrected chi connectivity index (χ4v) is 2.76. The maximum Gasteiger partial charge on any atom is 0.409 e. The molecule has 1 heterocycles. The summed E-state index contributed by atoms with van der Waals surface area (Å²) in [6, 6.07) is 4.83. The summed E-state index contributed by atoms with van der Waals surface area (Å²) in [6.07, 6.45) is 0.325. The first-order valence-corrected chi connectivity index (χ1v) is 7.95. The first-order chi connectivity index (χ1) is 11.0. The van der Waals surface area contributed by atoms with Gasteiger partial charge in [-0.05, 0) is 24.6 Å². The topological polar surface area (TPSA) is 59.1 Å². The number of hydrogen-bond acceptors (Lipinski definition) is 4. The van der Waals surface area contributed by atoms with Crippen LogP contribution in [0.15, 0.2) is 18.2 Å². The molecule has 1 aromatic rings. The van der Waals surface area contributed by atoms with Crippen LogP contribution < -0.4 is 4.74 Å². The summed E-state index contributed by atoms with van der Waals surface area (Å²) in [7, 11) is 1.35. The molecule has 1 aromatic carbocycles.